The number of rotatable bonds is 6. The number of piperazine rings is 1. The Bertz CT molecular complexity index is 1140. The number of benzene rings is 1. The van der Waals surface area contributed by atoms with E-state index in [1.807, 2.05) is 18.7 Å². The number of ether oxygens (including phenoxy) is 1. The highest BCUT2D eigenvalue weighted by Gasteiger charge is 2.29. The van der Waals surface area contributed by atoms with Gasteiger partial charge < -0.3 is 29.9 Å². The number of carboxylic acid groups (broad SMARTS) is 1. The van der Waals surface area contributed by atoms with E-state index in [4.69, 9.17) is 10.8 Å². The molecule has 1 aromatic heterocycles. The van der Waals surface area contributed by atoms with Gasteiger partial charge in [-0.15, -0.1) is 0 Å². The summed E-state index contributed by atoms with van der Waals surface area (Å²) in [5, 5.41) is 9.01. The van der Waals surface area contributed by atoms with Crippen LogP contribution in [0.1, 0.15) is 39.2 Å². The zero-order valence-corrected chi connectivity index (χ0v) is 18.8. The molecule has 1 aromatic carbocycles. The van der Waals surface area contributed by atoms with Crippen LogP contribution < -0.4 is 20.8 Å². The third-order valence-electron chi connectivity index (χ3n) is 6.18. The van der Waals surface area contributed by atoms with Crippen molar-refractivity contribution >= 4 is 28.7 Å². The highest BCUT2D eigenvalue weighted by Crippen LogP contribution is 2.39. The van der Waals surface area contributed by atoms with E-state index in [9.17, 15) is 14.4 Å². The van der Waals surface area contributed by atoms with Crippen LogP contribution in [-0.4, -0.2) is 58.9 Å². The number of anilines is 1. The Balaban J connectivity index is 1.60. The van der Waals surface area contributed by atoms with E-state index >= 15 is 4.39 Å². The first-order valence-corrected chi connectivity index (χ1v) is 11.2. The molecule has 2 aliphatic rings. The van der Waals surface area contributed by atoms with E-state index in [0.717, 1.165) is 18.9 Å². The molecule has 1 saturated heterocycles. The van der Waals surface area contributed by atoms with E-state index in [-0.39, 0.29) is 23.1 Å². The molecule has 10 heteroatoms. The lowest BCUT2D eigenvalue weighted by Crippen LogP contribution is -2.53. The second-order valence-corrected chi connectivity index (χ2v) is 9.20. The maximum atomic E-state index is 15.1. The summed E-state index contributed by atoms with van der Waals surface area (Å²) in [6.45, 7) is 5.79. The first-order chi connectivity index (χ1) is 15.7. The lowest BCUT2D eigenvalue weighted by Gasteiger charge is -2.37. The quantitative estimate of drug-likeness (QED) is 0.636. The Labute approximate surface area is 190 Å². The minimum Gasteiger partial charge on any atom is -0.449 e. The lowest BCUT2D eigenvalue weighted by molar-refractivity contribution is -0.133. The summed E-state index contributed by atoms with van der Waals surface area (Å²) in [6, 6.07) is 2.36. The molecular weight excluding hydrogens is 431 g/mol. The molecule has 2 fully saturated rings. The Kier molecular flexibility index (Phi) is 6.29. The molecule has 1 saturated carbocycles. The van der Waals surface area contributed by atoms with Gasteiger partial charge in [-0.1, -0.05) is 13.8 Å². The fraction of sp³-hybridized carbons (Fsp3) is 0.522. The fourth-order valence-electron chi connectivity index (χ4n) is 4.41. The molecule has 0 radical (unpaired) electrons. The second-order valence-electron chi connectivity index (χ2n) is 9.20. The molecule has 4 rings (SSSR count). The van der Waals surface area contributed by atoms with Crippen LogP contribution >= 0.6 is 0 Å². The number of carbonyl (C=O) groups is 2. The molecule has 2 aromatic rings. The van der Waals surface area contributed by atoms with Crippen LogP contribution in [-0.2, 0) is 4.79 Å². The number of aromatic nitrogens is 1. The lowest BCUT2D eigenvalue weighted by atomic mass is 10.0. The van der Waals surface area contributed by atoms with Crippen molar-refractivity contribution < 1.29 is 23.8 Å². The van der Waals surface area contributed by atoms with Gasteiger partial charge in [-0.25, -0.2) is 9.18 Å². The number of nitrogens with two attached hydrogens (primary N) is 1. The van der Waals surface area contributed by atoms with E-state index in [2.05, 4.69) is 4.74 Å². The predicted molar refractivity (Wildman–Crippen MR) is 121 cm³/mol. The molecule has 9 nitrogen and oxygen atoms in total. The van der Waals surface area contributed by atoms with Crippen LogP contribution in [0.3, 0.4) is 0 Å². The molecule has 178 valence electrons. The van der Waals surface area contributed by atoms with Crippen LogP contribution in [0.15, 0.2) is 23.1 Å². The standard InChI is InChI=1S/C23H29FN4O5/c1-13(2)9-17(25)22(30)27-7-5-26(6-8-27)19-11-18-15(10-16(19)24)21(29)20(33-23(31)32)12-28(18)14-3-4-14/h10-14,17H,3-9,25H2,1-2H3,(H,31,32). The summed E-state index contributed by atoms with van der Waals surface area (Å²) in [4.78, 5) is 39.9. The fourth-order valence-corrected chi connectivity index (χ4v) is 4.41. The van der Waals surface area contributed by atoms with Crippen molar-refractivity contribution in [2.24, 2.45) is 11.7 Å². The third-order valence-corrected chi connectivity index (χ3v) is 6.18. The van der Waals surface area contributed by atoms with Crippen molar-refractivity contribution in [3.63, 3.8) is 0 Å². The summed E-state index contributed by atoms with van der Waals surface area (Å²) < 4.78 is 21.5. The summed E-state index contributed by atoms with van der Waals surface area (Å²) >= 11 is 0. The predicted octanol–water partition coefficient (Wildman–Crippen LogP) is 2.55. The van der Waals surface area contributed by atoms with Crippen molar-refractivity contribution in [2.45, 2.75) is 45.2 Å². The molecule has 0 bridgehead atoms. The zero-order valence-electron chi connectivity index (χ0n) is 18.8. The molecule has 1 unspecified atom stereocenters. The number of halogens is 1. The first-order valence-electron chi connectivity index (χ1n) is 11.2. The molecule has 1 aliphatic carbocycles. The number of fused-ring (bicyclic) bond motifs is 1. The third kappa shape index (κ3) is 4.80. The highest BCUT2D eigenvalue weighted by molar-refractivity contribution is 5.85. The van der Waals surface area contributed by atoms with Crippen molar-refractivity contribution in [3.05, 3.63) is 34.4 Å². The SMILES string of the molecule is CC(C)CC(N)C(=O)N1CCN(c2cc3c(cc2F)c(=O)c(OC(=O)O)cn3C2CC2)CC1. The van der Waals surface area contributed by atoms with E-state index in [0.29, 0.717) is 49.7 Å². The average Bonchev–Trinajstić information content (AvgIpc) is 3.60. The van der Waals surface area contributed by atoms with Crippen LogP contribution in [0.4, 0.5) is 14.9 Å². The number of carbonyl (C=O) groups excluding carboxylic acids is 1. The van der Waals surface area contributed by atoms with Gasteiger partial charge in [-0.3, -0.25) is 9.59 Å². The Morgan fingerprint density at radius 2 is 1.88 bits per heavy atom. The Morgan fingerprint density at radius 3 is 2.45 bits per heavy atom. The van der Waals surface area contributed by atoms with Crippen molar-refractivity contribution in [1.29, 1.82) is 0 Å². The van der Waals surface area contributed by atoms with Crippen molar-refractivity contribution in [3.8, 4) is 5.75 Å². The summed E-state index contributed by atoms with van der Waals surface area (Å²) in [6.07, 6.45) is 2.19. The topological polar surface area (TPSA) is 118 Å². The first kappa shape index (κ1) is 23.0. The summed E-state index contributed by atoms with van der Waals surface area (Å²) in [5.74, 6) is -0.678. The van der Waals surface area contributed by atoms with Crippen LogP contribution in [0.5, 0.6) is 5.75 Å². The number of pyridine rings is 1. The largest absolute Gasteiger partial charge is 0.511 e. The zero-order chi connectivity index (χ0) is 23.9. The summed E-state index contributed by atoms with van der Waals surface area (Å²) in [5.41, 5.74) is 6.27. The summed E-state index contributed by atoms with van der Waals surface area (Å²) in [7, 11) is 0. The van der Waals surface area contributed by atoms with Crippen LogP contribution in [0, 0.1) is 11.7 Å². The number of hydrogen-bond acceptors (Lipinski definition) is 6. The van der Waals surface area contributed by atoms with Crippen molar-refractivity contribution in [1.82, 2.24) is 9.47 Å². The minimum atomic E-state index is -1.59. The molecule has 33 heavy (non-hydrogen) atoms. The molecule has 2 heterocycles. The Morgan fingerprint density at radius 1 is 1.21 bits per heavy atom. The van der Waals surface area contributed by atoms with Gasteiger partial charge in [0, 0.05) is 32.2 Å². The average molecular weight is 461 g/mol. The smallest absolute Gasteiger partial charge is 0.449 e. The monoisotopic (exact) mass is 460 g/mol. The second kappa shape index (κ2) is 9.01. The van der Waals surface area contributed by atoms with Gasteiger partial charge in [0.05, 0.1) is 28.8 Å². The van der Waals surface area contributed by atoms with Crippen molar-refractivity contribution in [2.75, 3.05) is 31.1 Å². The molecule has 1 aliphatic heterocycles. The van der Waals surface area contributed by atoms with Gasteiger partial charge in [-0.2, -0.15) is 0 Å². The van der Waals surface area contributed by atoms with E-state index in [1.54, 1.807) is 15.5 Å². The molecule has 0 spiro atoms. The van der Waals surface area contributed by atoms with Crippen LogP contribution in [0.25, 0.3) is 10.9 Å². The minimum absolute atomic E-state index is 0.0790. The highest BCUT2D eigenvalue weighted by atomic mass is 19.1. The normalized spacial score (nSPS) is 17.5. The van der Waals surface area contributed by atoms with E-state index in [1.165, 1.54) is 6.20 Å². The van der Waals surface area contributed by atoms with Gasteiger partial charge >= 0.3 is 6.16 Å². The maximum absolute atomic E-state index is 15.1. The molecule has 1 atom stereocenters. The molecule has 1 amide bonds. The van der Waals surface area contributed by atoms with Crippen LogP contribution in [0.2, 0.25) is 0 Å². The van der Waals surface area contributed by atoms with Gasteiger partial charge in [0.2, 0.25) is 11.3 Å². The number of hydrogen-bond donors (Lipinski definition) is 2. The van der Waals surface area contributed by atoms with Gasteiger partial charge in [0.25, 0.3) is 0 Å². The van der Waals surface area contributed by atoms with E-state index < -0.39 is 23.4 Å². The van der Waals surface area contributed by atoms with Gasteiger partial charge in [0.15, 0.2) is 5.75 Å². The van der Waals surface area contributed by atoms with Gasteiger partial charge in [0.1, 0.15) is 5.82 Å². The maximum Gasteiger partial charge on any atom is 0.511 e. The molecular formula is C23H29FN4O5. The van der Waals surface area contributed by atoms with Gasteiger partial charge in [-0.05, 0) is 37.3 Å². The number of amides is 1. The Hall–Kier alpha value is -3.14. The molecule has 3 N–H and O–H groups in total. The number of nitrogens with zero attached hydrogens (tertiary/aromatic N) is 3.